The summed E-state index contributed by atoms with van der Waals surface area (Å²) in [6.45, 7) is 8.95. The molecule has 0 unspecified atom stereocenters. The first-order chi connectivity index (χ1) is 17.4. The van der Waals surface area contributed by atoms with E-state index in [2.05, 4.69) is 39.4 Å². The SMILES string of the molecule is CC(=O)N1CCN(c2ccc(C(=O)NCCCN3CCN(c4ccccc4)CC3)cc2[N+](=O)[O-])CC1. The number of benzene rings is 2. The van der Waals surface area contributed by atoms with Crippen LogP contribution in [0.1, 0.15) is 23.7 Å². The van der Waals surface area contributed by atoms with E-state index in [9.17, 15) is 19.7 Å². The van der Waals surface area contributed by atoms with Crippen LogP contribution in [-0.4, -0.2) is 92.0 Å². The first-order valence-corrected chi connectivity index (χ1v) is 12.5. The third kappa shape index (κ3) is 6.31. The molecule has 0 bridgehead atoms. The maximum absolute atomic E-state index is 12.7. The number of piperazine rings is 2. The molecule has 0 atom stereocenters. The zero-order valence-electron chi connectivity index (χ0n) is 20.8. The van der Waals surface area contributed by atoms with Crippen LogP contribution < -0.4 is 15.1 Å². The van der Waals surface area contributed by atoms with Crippen LogP contribution in [0.3, 0.4) is 0 Å². The van der Waals surface area contributed by atoms with Gasteiger partial charge in [0.05, 0.1) is 4.92 Å². The van der Waals surface area contributed by atoms with E-state index in [4.69, 9.17) is 0 Å². The van der Waals surface area contributed by atoms with Crippen LogP contribution in [0.4, 0.5) is 17.1 Å². The molecule has 0 aromatic heterocycles. The summed E-state index contributed by atoms with van der Waals surface area (Å²) in [5.41, 5.74) is 1.93. The van der Waals surface area contributed by atoms with Crippen LogP contribution in [0.25, 0.3) is 0 Å². The Hall–Kier alpha value is -3.66. The van der Waals surface area contributed by atoms with Gasteiger partial charge in [-0.1, -0.05) is 18.2 Å². The van der Waals surface area contributed by atoms with Crippen molar-refractivity contribution in [3.63, 3.8) is 0 Å². The lowest BCUT2D eigenvalue weighted by molar-refractivity contribution is -0.384. The highest BCUT2D eigenvalue weighted by Crippen LogP contribution is 2.30. The molecule has 2 fully saturated rings. The van der Waals surface area contributed by atoms with Gasteiger partial charge in [0.2, 0.25) is 5.91 Å². The number of para-hydroxylation sites is 1. The minimum atomic E-state index is -0.446. The fraction of sp³-hybridized carbons (Fsp3) is 0.462. The van der Waals surface area contributed by atoms with E-state index in [-0.39, 0.29) is 23.1 Å². The Morgan fingerprint density at radius 2 is 1.58 bits per heavy atom. The van der Waals surface area contributed by atoms with Crippen molar-refractivity contribution >= 4 is 28.9 Å². The molecule has 0 saturated carbocycles. The molecule has 2 amide bonds. The van der Waals surface area contributed by atoms with Crippen molar-refractivity contribution in [1.82, 2.24) is 15.1 Å². The third-order valence-corrected chi connectivity index (χ3v) is 6.93. The average Bonchev–Trinajstić information content (AvgIpc) is 2.91. The third-order valence-electron chi connectivity index (χ3n) is 6.93. The van der Waals surface area contributed by atoms with Gasteiger partial charge in [-0.05, 0) is 37.2 Å². The molecule has 0 radical (unpaired) electrons. The Labute approximate surface area is 211 Å². The fourth-order valence-electron chi connectivity index (χ4n) is 4.82. The molecule has 0 aliphatic carbocycles. The number of anilines is 2. The van der Waals surface area contributed by atoms with Crippen molar-refractivity contribution in [2.75, 3.05) is 75.2 Å². The molecule has 2 saturated heterocycles. The van der Waals surface area contributed by atoms with Gasteiger partial charge in [0, 0.05) is 83.1 Å². The summed E-state index contributed by atoms with van der Waals surface area (Å²) < 4.78 is 0. The molecule has 2 heterocycles. The standard InChI is InChI=1S/C26H34N6O4/c1-21(33)29-16-18-31(19-17-29)24-9-8-22(20-25(24)32(35)36)26(34)27-10-5-11-28-12-14-30(15-13-28)23-6-3-2-4-7-23/h2-4,6-9,20H,5,10-19H2,1H3,(H,27,34). The van der Waals surface area contributed by atoms with Gasteiger partial charge >= 0.3 is 0 Å². The predicted molar refractivity (Wildman–Crippen MR) is 140 cm³/mol. The summed E-state index contributed by atoms with van der Waals surface area (Å²) >= 11 is 0. The van der Waals surface area contributed by atoms with Crippen LogP contribution in [0.5, 0.6) is 0 Å². The highest BCUT2D eigenvalue weighted by atomic mass is 16.6. The molecule has 2 aromatic rings. The van der Waals surface area contributed by atoms with Crippen molar-refractivity contribution < 1.29 is 14.5 Å². The van der Waals surface area contributed by atoms with Crippen LogP contribution in [0.2, 0.25) is 0 Å². The van der Waals surface area contributed by atoms with Gasteiger partial charge in [-0.3, -0.25) is 24.6 Å². The number of hydrogen-bond acceptors (Lipinski definition) is 7. The Morgan fingerprint density at radius 3 is 2.22 bits per heavy atom. The second kappa shape index (κ2) is 11.9. The molecule has 10 heteroatoms. The van der Waals surface area contributed by atoms with Gasteiger partial charge in [0.1, 0.15) is 5.69 Å². The summed E-state index contributed by atoms with van der Waals surface area (Å²) in [5, 5.41) is 14.6. The second-order valence-corrected chi connectivity index (χ2v) is 9.23. The van der Waals surface area contributed by atoms with Crippen LogP contribution >= 0.6 is 0 Å². The summed E-state index contributed by atoms with van der Waals surface area (Å²) in [4.78, 5) is 43.9. The van der Waals surface area contributed by atoms with Gasteiger partial charge in [-0.2, -0.15) is 0 Å². The zero-order chi connectivity index (χ0) is 25.5. The highest BCUT2D eigenvalue weighted by molar-refractivity contribution is 5.95. The normalized spacial score (nSPS) is 16.6. The molecule has 0 spiro atoms. The summed E-state index contributed by atoms with van der Waals surface area (Å²) in [7, 11) is 0. The minimum absolute atomic E-state index is 0.00520. The molecular formula is C26H34N6O4. The van der Waals surface area contributed by atoms with Gasteiger partial charge in [0.15, 0.2) is 0 Å². The zero-order valence-corrected chi connectivity index (χ0v) is 20.8. The Bertz CT molecular complexity index is 1060. The molecule has 36 heavy (non-hydrogen) atoms. The molecular weight excluding hydrogens is 460 g/mol. The lowest BCUT2D eigenvalue weighted by atomic mass is 10.1. The van der Waals surface area contributed by atoms with Crippen molar-refractivity contribution in [3.05, 3.63) is 64.2 Å². The summed E-state index contributed by atoms with van der Waals surface area (Å²) in [6, 6.07) is 15.0. The van der Waals surface area contributed by atoms with Gasteiger partial charge in [-0.25, -0.2) is 0 Å². The van der Waals surface area contributed by atoms with E-state index in [1.54, 1.807) is 17.0 Å². The number of nitro groups is 1. The van der Waals surface area contributed by atoms with Crippen LogP contribution in [0, 0.1) is 10.1 Å². The topological polar surface area (TPSA) is 102 Å². The van der Waals surface area contributed by atoms with E-state index < -0.39 is 4.92 Å². The molecule has 2 aromatic carbocycles. The number of rotatable bonds is 8. The minimum Gasteiger partial charge on any atom is -0.369 e. The number of nitrogens with zero attached hydrogens (tertiary/aromatic N) is 5. The number of nitrogens with one attached hydrogen (secondary N) is 1. The molecule has 10 nitrogen and oxygen atoms in total. The lowest BCUT2D eigenvalue weighted by Gasteiger charge is -2.36. The lowest BCUT2D eigenvalue weighted by Crippen LogP contribution is -2.48. The van der Waals surface area contributed by atoms with E-state index in [0.29, 0.717) is 38.4 Å². The van der Waals surface area contributed by atoms with E-state index in [1.165, 1.54) is 18.7 Å². The highest BCUT2D eigenvalue weighted by Gasteiger charge is 2.26. The van der Waals surface area contributed by atoms with Gasteiger partial charge < -0.3 is 20.0 Å². The van der Waals surface area contributed by atoms with E-state index in [0.717, 1.165) is 39.1 Å². The van der Waals surface area contributed by atoms with Gasteiger partial charge in [-0.15, -0.1) is 0 Å². The number of carbonyl (C=O) groups is 2. The molecule has 4 rings (SSSR count). The van der Waals surface area contributed by atoms with E-state index >= 15 is 0 Å². The summed E-state index contributed by atoms with van der Waals surface area (Å²) in [5.74, 6) is -0.300. The number of hydrogen-bond donors (Lipinski definition) is 1. The quantitative estimate of drug-likeness (QED) is 0.341. The number of nitro benzene ring substituents is 1. The second-order valence-electron chi connectivity index (χ2n) is 9.23. The smallest absolute Gasteiger partial charge is 0.293 e. The maximum atomic E-state index is 12.7. The van der Waals surface area contributed by atoms with Crippen molar-refractivity contribution in [1.29, 1.82) is 0 Å². The number of amides is 2. The Balaban J connectivity index is 1.24. The fourth-order valence-corrected chi connectivity index (χ4v) is 4.82. The Morgan fingerprint density at radius 1 is 0.917 bits per heavy atom. The molecule has 192 valence electrons. The van der Waals surface area contributed by atoms with E-state index in [1.807, 2.05) is 11.0 Å². The monoisotopic (exact) mass is 494 g/mol. The average molecular weight is 495 g/mol. The van der Waals surface area contributed by atoms with Crippen molar-refractivity contribution in [2.45, 2.75) is 13.3 Å². The first-order valence-electron chi connectivity index (χ1n) is 12.5. The van der Waals surface area contributed by atoms with Crippen molar-refractivity contribution in [3.8, 4) is 0 Å². The number of carbonyl (C=O) groups excluding carboxylic acids is 2. The van der Waals surface area contributed by atoms with Crippen LogP contribution in [-0.2, 0) is 4.79 Å². The van der Waals surface area contributed by atoms with Crippen molar-refractivity contribution in [2.24, 2.45) is 0 Å². The van der Waals surface area contributed by atoms with Gasteiger partial charge in [0.25, 0.3) is 11.6 Å². The van der Waals surface area contributed by atoms with Crippen LogP contribution in [0.15, 0.2) is 48.5 Å². The molecule has 2 aliphatic rings. The maximum Gasteiger partial charge on any atom is 0.293 e. The predicted octanol–water partition coefficient (Wildman–Crippen LogP) is 2.21. The Kier molecular flexibility index (Phi) is 8.37. The summed E-state index contributed by atoms with van der Waals surface area (Å²) in [6.07, 6.45) is 0.817. The molecule has 2 aliphatic heterocycles. The largest absolute Gasteiger partial charge is 0.369 e. The molecule has 1 N–H and O–H groups in total. The first kappa shape index (κ1) is 25.4.